The van der Waals surface area contributed by atoms with Gasteiger partial charge in [0.15, 0.2) is 11.5 Å². The normalized spacial score (nSPS) is 19.1. The lowest BCUT2D eigenvalue weighted by Gasteiger charge is -2.40. The zero-order valence-electron chi connectivity index (χ0n) is 20.8. The second-order valence-electron chi connectivity index (χ2n) is 9.80. The van der Waals surface area contributed by atoms with Crippen molar-refractivity contribution in [3.63, 3.8) is 0 Å². The van der Waals surface area contributed by atoms with Crippen LogP contribution in [0.15, 0.2) is 42.6 Å². The van der Waals surface area contributed by atoms with Crippen LogP contribution in [0.2, 0.25) is 0 Å². The third-order valence-corrected chi connectivity index (χ3v) is 7.52. The van der Waals surface area contributed by atoms with E-state index in [0.29, 0.717) is 12.3 Å². The van der Waals surface area contributed by atoms with Gasteiger partial charge in [-0.25, -0.2) is 4.79 Å². The van der Waals surface area contributed by atoms with E-state index in [2.05, 4.69) is 28.2 Å². The first-order valence-corrected chi connectivity index (χ1v) is 12.7. The number of ether oxygens (including phenoxy) is 3. The molecular weight excluding hydrogens is 485 g/mol. The number of hydrogen-bond donors (Lipinski definition) is 1. The van der Waals surface area contributed by atoms with E-state index in [9.17, 15) is 18.0 Å². The minimum absolute atomic E-state index is 0.0570. The molecule has 2 aliphatic rings. The maximum absolute atomic E-state index is 12.9. The van der Waals surface area contributed by atoms with E-state index in [1.807, 2.05) is 12.1 Å². The molecule has 0 amide bonds. The minimum atomic E-state index is -5.08. The van der Waals surface area contributed by atoms with Crippen LogP contribution in [0.1, 0.15) is 42.0 Å². The number of aromatic amines is 1. The Morgan fingerprint density at radius 1 is 1.16 bits per heavy atom. The molecule has 3 heterocycles. The quantitative estimate of drug-likeness (QED) is 0.327. The van der Waals surface area contributed by atoms with Crippen LogP contribution in [-0.2, 0) is 22.4 Å². The van der Waals surface area contributed by atoms with Gasteiger partial charge < -0.3 is 19.2 Å². The van der Waals surface area contributed by atoms with Gasteiger partial charge in [-0.1, -0.05) is 18.2 Å². The molecule has 1 aromatic heterocycles. The molecule has 1 fully saturated rings. The zero-order chi connectivity index (χ0) is 26.0. The molecule has 0 aliphatic carbocycles. The van der Waals surface area contributed by atoms with Crippen LogP contribution in [0.5, 0.6) is 11.5 Å². The monoisotopic (exact) mass is 516 g/mol. The Kier molecular flexibility index (Phi) is 7.44. The smallest absolute Gasteiger partial charge is 0.491 e. The first kappa shape index (κ1) is 25.6. The maximum Gasteiger partial charge on any atom is 0.491 e. The van der Waals surface area contributed by atoms with E-state index in [1.165, 1.54) is 18.1 Å². The SMILES string of the molecule is COc1cc2c(cc1OC(=O)C(F)(F)F)CCN(CC1CCOCC1)C2CCc1c[nH]c2ccccc12. The van der Waals surface area contributed by atoms with Gasteiger partial charge in [-0.15, -0.1) is 0 Å². The average Bonchev–Trinajstić information content (AvgIpc) is 3.31. The van der Waals surface area contributed by atoms with Crippen molar-refractivity contribution in [2.24, 2.45) is 5.92 Å². The highest BCUT2D eigenvalue weighted by atomic mass is 19.4. The summed E-state index contributed by atoms with van der Waals surface area (Å²) in [5, 5.41) is 1.20. The number of esters is 1. The van der Waals surface area contributed by atoms with Gasteiger partial charge in [-0.05, 0) is 72.9 Å². The summed E-state index contributed by atoms with van der Waals surface area (Å²) in [6, 6.07) is 11.6. The van der Waals surface area contributed by atoms with Crippen molar-refractivity contribution in [2.45, 2.75) is 44.3 Å². The van der Waals surface area contributed by atoms with E-state index >= 15 is 0 Å². The van der Waals surface area contributed by atoms with Gasteiger partial charge in [0.25, 0.3) is 0 Å². The van der Waals surface area contributed by atoms with Crippen LogP contribution in [0, 0.1) is 5.92 Å². The summed E-state index contributed by atoms with van der Waals surface area (Å²) in [6.45, 7) is 3.27. The van der Waals surface area contributed by atoms with Crippen LogP contribution in [-0.4, -0.2) is 55.4 Å². The molecule has 2 aliphatic heterocycles. The molecule has 198 valence electrons. The third-order valence-electron chi connectivity index (χ3n) is 7.52. The second kappa shape index (κ2) is 10.8. The number of halogens is 3. The van der Waals surface area contributed by atoms with Gasteiger partial charge in [0.2, 0.25) is 0 Å². The molecule has 37 heavy (non-hydrogen) atoms. The lowest BCUT2D eigenvalue weighted by molar-refractivity contribution is -0.189. The topological polar surface area (TPSA) is 63.8 Å². The lowest BCUT2D eigenvalue weighted by Crippen LogP contribution is -2.40. The molecule has 1 unspecified atom stereocenters. The van der Waals surface area contributed by atoms with Crippen molar-refractivity contribution in [3.8, 4) is 11.5 Å². The number of nitrogens with one attached hydrogen (secondary N) is 1. The molecule has 1 atom stereocenters. The van der Waals surface area contributed by atoms with E-state index in [0.717, 1.165) is 68.6 Å². The highest BCUT2D eigenvalue weighted by molar-refractivity contribution is 5.83. The van der Waals surface area contributed by atoms with Gasteiger partial charge >= 0.3 is 12.1 Å². The molecule has 0 saturated carbocycles. The number of alkyl halides is 3. The molecule has 9 heteroatoms. The number of hydrogen-bond acceptors (Lipinski definition) is 5. The Labute approximate surface area is 213 Å². The Bertz CT molecular complexity index is 1250. The number of carbonyl (C=O) groups excluding carboxylic acids is 1. The standard InChI is InChI=1S/C28H31F3N2O4/c1-35-25-15-22-19(14-26(25)37-27(34)28(29,30)31)8-11-33(17-18-9-12-36-13-10-18)24(22)7-6-20-16-32-23-5-3-2-4-21(20)23/h2-5,14-16,18,24,32H,6-13,17H2,1H3. The predicted octanol–water partition coefficient (Wildman–Crippen LogP) is 5.60. The number of rotatable bonds is 7. The van der Waals surface area contributed by atoms with E-state index in [4.69, 9.17) is 14.2 Å². The molecule has 0 radical (unpaired) electrons. The summed E-state index contributed by atoms with van der Waals surface area (Å²) >= 11 is 0. The highest BCUT2D eigenvalue weighted by Crippen LogP contribution is 2.41. The Balaban J connectivity index is 1.44. The number of nitrogens with zero attached hydrogens (tertiary/aromatic N) is 1. The minimum Gasteiger partial charge on any atom is -0.493 e. The summed E-state index contributed by atoms with van der Waals surface area (Å²) < 4.78 is 54.2. The molecular formula is C28H31F3N2O4. The number of aryl methyl sites for hydroxylation is 1. The molecule has 6 nitrogen and oxygen atoms in total. The van der Waals surface area contributed by atoms with Gasteiger partial charge in [0.05, 0.1) is 7.11 Å². The third kappa shape index (κ3) is 5.62. The Hall–Kier alpha value is -3.04. The van der Waals surface area contributed by atoms with E-state index < -0.39 is 12.1 Å². The van der Waals surface area contributed by atoms with Crippen molar-refractivity contribution in [2.75, 3.05) is 33.4 Å². The number of fused-ring (bicyclic) bond motifs is 2. The van der Waals surface area contributed by atoms with Gasteiger partial charge in [0.1, 0.15) is 0 Å². The van der Waals surface area contributed by atoms with Crippen molar-refractivity contribution in [1.82, 2.24) is 9.88 Å². The first-order valence-electron chi connectivity index (χ1n) is 12.7. The van der Waals surface area contributed by atoms with Gasteiger partial charge in [-0.2, -0.15) is 13.2 Å². The molecule has 1 saturated heterocycles. The maximum atomic E-state index is 12.9. The number of carbonyl (C=O) groups is 1. The summed E-state index contributed by atoms with van der Waals surface area (Å²) in [5.74, 6) is -1.78. The molecule has 3 aromatic rings. The average molecular weight is 517 g/mol. The van der Waals surface area contributed by atoms with Crippen molar-refractivity contribution in [1.29, 1.82) is 0 Å². The molecule has 0 bridgehead atoms. The highest BCUT2D eigenvalue weighted by Gasteiger charge is 2.42. The fourth-order valence-corrected chi connectivity index (χ4v) is 5.61. The van der Waals surface area contributed by atoms with Crippen LogP contribution in [0.4, 0.5) is 13.2 Å². The van der Waals surface area contributed by atoms with E-state index in [-0.39, 0.29) is 17.5 Å². The summed E-state index contributed by atoms with van der Waals surface area (Å²) in [4.78, 5) is 17.4. The van der Waals surface area contributed by atoms with E-state index in [1.54, 1.807) is 12.1 Å². The molecule has 2 aromatic carbocycles. The fourth-order valence-electron chi connectivity index (χ4n) is 5.61. The summed E-state index contributed by atoms with van der Waals surface area (Å²) in [6.07, 6.45) is 1.35. The molecule has 1 N–H and O–H groups in total. The van der Waals surface area contributed by atoms with Crippen LogP contribution >= 0.6 is 0 Å². The van der Waals surface area contributed by atoms with Crippen LogP contribution in [0.25, 0.3) is 10.9 Å². The number of benzene rings is 2. The Morgan fingerprint density at radius 3 is 2.70 bits per heavy atom. The number of H-pyrrole nitrogens is 1. The fraction of sp³-hybridized carbons (Fsp3) is 0.464. The number of para-hydroxylation sites is 1. The largest absolute Gasteiger partial charge is 0.493 e. The Morgan fingerprint density at radius 2 is 1.95 bits per heavy atom. The predicted molar refractivity (Wildman–Crippen MR) is 133 cm³/mol. The first-order chi connectivity index (χ1) is 17.8. The van der Waals surface area contributed by atoms with Gasteiger partial charge in [0, 0.05) is 49.4 Å². The molecule has 0 spiro atoms. The zero-order valence-corrected chi connectivity index (χ0v) is 20.8. The molecule has 5 rings (SSSR count). The number of methoxy groups -OCH3 is 1. The van der Waals surface area contributed by atoms with Crippen molar-refractivity contribution < 1.29 is 32.2 Å². The van der Waals surface area contributed by atoms with Crippen molar-refractivity contribution >= 4 is 16.9 Å². The van der Waals surface area contributed by atoms with Crippen molar-refractivity contribution in [3.05, 3.63) is 59.3 Å². The van der Waals surface area contributed by atoms with Crippen LogP contribution < -0.4 is 9.47 Å². The summed E-state index contributed by atoms with van der Waals surface area (Å²) in [7, 11) is 1.37. The van der Waals surface area contributed by atoms with Crippen LogP contribution in [0.3, 0.4) is 0 Å². The summed E-state index contributed by atoms with van der Waals surface area (Å²) in [5.41, 5.74) is 4.23. The second-order valence-corrected chi connectivity index (χ2v) is 9.80. The number of aromatic nitrogens is 1. The van der Waals surface area contributed by atoms with Gasteiger partial charge in [-0.3, -0.25) is 4.90 Å². The lowest BCUT2D eigenvalue weighted by atomic mass is 9.87.